The average molecular weight is 329 g/mol. The van der Waals surface area contributed by atoms with Crippen LogP contribution in [-0.2, 0) is 24.8 Å². The van der Waals surface area contributed by atoms with Gasteiger partial charge in [0.2, 0.25) is 0 Å². The van der Waals surface area contributed by atoms with Crippen molar-refractivity contribution in [2.24, 2.45) is 7.05 Å². The zero-order chi connectivity index (χ0) is 16.9. The standard InChI is InChI=1S/C17H23N5O2/c1-3-15-13(12-21(2)20-15)11-19-17(23)16-10-14(4-5-18-16)22-6-8-24-9-7-22/h4-5,10,12H,3,6-9,11H2,1-2H3,(H,19,23). The molecule has 0 atom stereocenters. The van der Waals surface area contributed by atoms with E-state index in [-0.39, 0.29) is 5.91 Å². The van der Waals surface area contributed by atoms with Gasteiger partial charge in [0, 0.05) is 50.3 Å². The number of nitrogens with one attached hydrogen (secondary N) is 1. The van der Waals surface area contributed by atoms with Gasteiger partial charge in [-0.25, -0.2) is 0 Å². The molecule has 7 nitrogen and oxygen atoms in total. The van der Waals surface area contributed by atoms with Crippen LogP contribution >= 0.6 is 0 Å². The lowest BCUT2D eigenvalue weighted by molar-refractivity contribution is 0.0946. The fraction of sp³-hybridized carbons (Fsp3) is 0.471. The van der Waals surface area contributed by atoms with Gasteiger partial charge in [-0.1, -0.05) is 6.92 Å². The molecule has 24 heavy (non-hydrogen) atoms. The minimum absolute atomic E-state index is 0.170. The lowest BCUT2D eigenvalue weighted by atomic mass is 10.2. The van der Waals surface area contributed by atoms with Crippen LogP contribution < -0.4 is 10.2 Å². The molecule has 3 rings (SSSR count). The van der Waals surface area contributed by atoms with Crippen molar-refractivity contribution in [1.29, 1.82) is 0 Å². The van der Waals surface area contributed by atoms with Crippen molar-refractivity contribution in [2.75, 3.05) is 31.2 Å². The van der Waals surface area contributed by atoms with E-state index in [1.165, 1.54) is 0 Å². The largest absolute Gasteiger partial charge is 0.378 e. The second-order valence-electron chi connectivity index (χ2n) is 5.81. The number of hydrogen-bond donors (Lipinski definition) is 1. The normalized spacial score (nSPS) is 14.7. The molecule has 1 fully saturated rings. The Kier molecular flexibility index (Phi) is 5.10. The summed E-state index contributed by atoms with van der Waals surface area (Å²) in [5, 5.41) is 7.32. The number of pyridine rings is 1. The van der Waals surface area contributed by atoms with Gasteiger partial charge in [0.1, 0.15) is 5.69 Å². The van der Waals surface area contributed by atoms with Crippen LogP contribution in [0, 0.1) is 0 Å². The van der Waals surface area contributed by atoms with E-state index in [9.17, 15) is 4.79 Å². The smallest absolute Gasteiger partial charge is 0.270 e. The van der Waals surface area contributed by atoms with Gasteiger partial charge < -0.3 is 15.0 Å². The molecule has 0 spiro atoms. The van der Waals surface area contributed by atoms with Crippen LogP contribution in [0.4, 0.5) is 5.69 Å². The van der Waals surface area contributed by atoms with Crippen LogP contribution in [0.1, 0.15) is 28.7 Å². The Bertz CT molecular complexity index is 707. The Morgan fingerprint density at radius 1 is 1.38 bits per heavy atom. The molecule has 0 aromatic carbocycles. The number of hydrogen-bond acceptors (Lipinski definition) is 5. The molecule has 1 amide bonds. The molecule has 128 valence electrons. The summed E-state index contributed by atoms with van der Waals surface area (Å²) >= 11 is 0. The van der Waals surface area contributed by atoms with Crippen LogP contribution in [-0.4, -0.2) is 47.0 Å². The van der Waals surface area contributed by atoms with Crippen LogP contribution in [0.15, 0.2) is 24.5 Å². The van der Waals surface area contributed by atoms with Gasteiger partial charge >= 0.3 is 0 Å². The fourth-order valence-electron chi connectivity index (χ4n) is 2.86. The van der Waals surface area contributed by atoms with E-state index in [2.05, 4.69) is 27.2 Å². The quantitative estimate of drug-likeness (QED) is 0.891. The highest BCUT2D eigenvalue weighted by molar-refractivity contribution is 5.93. The minimum atomic E-state index is -0.170. The highest BCUT2D eigenvalue weighted by Crippen LogP contribution is 2.16. The number of ether oxygens (including phenoxy) is 1. The lowest BCUT2D eigenvalue weighted by Gasteiger charge is -2.28. The van der Waals surface area contributed by atoms with Crippen LogP contribution in [0.2, 0.25) is 0 Å². The number of aromatic nitrogens is 3. The van der Waals surface area contributed by atoms with Gasteiger partial charge in [0.15, 0.2) is 0 Å². The fourth-order valence-corrected chi connectivity index (χ4v) is 2.86. The van der Waals surface area contributed by atoms with Crippen LogP contribution in [0.3, 0.4) is 0 Å². The molecule has 0 radical (unpaired) electrons. The van der Waals surface area contributed by atoms with Gasteiger partial charge in [0.05, 0.1) is 18.9 Å². The van der Waals surface area contributed by atoms with E-state index in [0.29, 0.717) is 25.5 Å². The van der Waals surface area contributed by atoms with Crippen molar-refractivity contribution in [3.05, 3.63) is 41.5 Å². The number of anilines is 1. The van der Waals surface area contributed by atoms with Crippen molar-refractivity contribution in [3.63, 3.8) is 0 Å². The number of nitrogens with zero attached hydrogens (tertiary/aromatic N) is 4. The van der Waals surface area contributed by atoms with Crippen molar-refractivity contribution in [1.82, 2.24) is 20.1 Å². The molecule has 0 saturated carbocycles. The molecule has 1 saturated heterocycles. The Hall–Kier alpha value is -2.41. The highest BCUT2D eigenvalue weighted by atomic mass is 16.5. The highest BCUT2D eigenvalue weighted by Gasteiger charge is 2.15. The third kappa shape index (κ3) is 3.73. The third-order valence-corrected chi connectivity index (χ3v) is 4.12. The number of morpholine rings is 1. The van der Waals surface area contributed by atoms with E-state index < -0.39 is 0 Å². The minimum Gasteiger partial charge on any atom is -0.378 e. The van der Waals surface area contributed by atoms with Crippen molar-refractivity contribution < 1.29 is 9.53 Å². The van der Waals surface area contributed by atoms with Crippen molar-refractivity contribution >= 4 is 11.6 Å². The van der Waals surface area contributed by atoms with E-state index in [0.717, 1.165) is 36.5 Å². The van der Waals surface area contributed by atoms with Gasteiger partial charge in [0.25, 0.3) is 5.91 Å². The zero-order valence-electron chi connectivity index (χ0n) is 14.2. The van der Waals surface area contributed by atoms with E-state index in [1.54, 1.807) is 10.9 Å². The molecule has 2 aromatic rings. The zero-order valence-corrected chi connectivity index (χ0v) is 14.2. The first-order valence-electron chi connectivity index (χ1n) is 8.25. The number of carbonyl (C=O) groups excluding carboxylic acids is 1. The molecule has 1 aliphatic heterocycles. The van der Waals surface area contributed by atoms with E-state index in [1.807, 2.05) is 25.4 Å². The molecular formula is C17H23N5O2. The molecule has 1 N–H and O–H groups in total. The predicted octanol–water partition coefficient (Wildman–Crippen LogP) is 1.14. The predicted molar refractivity (Wildman–Crippen MR) is 91.0 cm³/mol. The first kappa shape index (κ1) is 16.4. The Morgan fingerprint density at radius 2 is 2.17 bits per heavy atom. The van der Waals surface area contributed by atoms with Gasteiger partial charge in [-0.3, -0.25) is 14.5 Å². The van der Waals surface area contributed by atoms with Gasteiger partial charge in [-0.15, -0.1) is 0 Å². The summed E-state index contributed by atoms with van der Waals surface area (Å²) in [7, 11) is 1.89. The number of aryl methyl sites for hydroxylation is 2. The second-order valence-corrected chi connectivity index (χ2v) is 5.81. The summed E-state index contributed by atoms with van der Waals surface area (Å²) in [5.41, 5.74) is 3.49. The van der Waals surface area contributed by atoms with E-state index in [4.69, 9.17) is 4.74 Å². The van der Waals surface area contributed by atoms with Gasteiger partial charge in [-0.2, -0.15) is 5.10 Å². The molecule has 3 heterocycles. The van der Waals surface area contributed by atoms with Gasteiger partial charge in [-0.05, 0) is 18.6 Å². The summed E-state index contributed by atoms with van der Waals surface area (Å²) in [6, 6.07) is 3.77. The Morgan fingerprint density at radius 3 is 2.92 bits per heavy atom. The molecule has 0 unspecified atom stereocenters. The molecule has 7 heteroatoms. The monoisotopic (exact) mass is 329 g/mol. The number of carbonyl (C=O) groups is 1. The first-order valence-corrected chi connectivity index (χ1v) is 8.25. The van der Waals surface area contributed by atoms with Crippen LogP contribution in [0.5, 0.6) is 0 Å². The summed E-state index contributed by atoms with van der Waals surface area (Å²) < 4.78 is 7.14. The summed E-state index contributed by atoms with van der Waals surface area (Å²) in [6.07, 6.45) is 4.47. The Balaban J connectivity index is 1.66. The number of amides is 1. The van der Waals surface area contributed by atoms with Crippen LogP contribution in [0.25, 0.3) is 0 Å². The first-order chi connectivity index (χ1) is 11.7. The summed E-state index contributed by atoms with van der Waals surface area (Å²) in [6.45, 7) is 5.61. The SMILES string of the molecule is CCc1nn(C)cc1CNC(=O)c1cc(N2CCOCC2)ccn1. The van der Waals surface area contributed by atoms with Crippen molar-refractivity contribution in [2.45, 2.75) is 19.9 Å². The molecule has 1 aliphatic rings. The maximum absolute atomic E-state index is 12.4. The summed E-state index contributed by atoms with van der Waals surface area (Å²) in [4.78, 5) is 18.8. The lowest BCUT2D eigenvalue weighted by Crippen LogP contribution is -2.36. The second kappa shape index (κ2) is 7.44. The molecule has 0 bridgehead atoms. The Labute approximate surface area is 141 Å². The van der Waals surface area contributed by atoms with Crippen molar-refractivity contribution in [3.8, 4) is 0 Å². The maximum atomic E-state index is 12.4. The summed E-state index contributed by atoms with van der Waals surface area (Å²) in [5.74, 6) is -0.170. The molecule has 0 aliphatic carbocycles. The average Bonchev–Trinajstić information content (AvgIpc) is 3.00. The third-order valence-electron chi connectivity index (χ3n) is 4.12. The molecular weight excluding hydrogens is 306 g/mol. The topological polar surface area (TPSA) is 72.3 Å². The number of rotatable bonds is 5. The molecule has 2 aromatic heterocycles. The van der Waals surface area contributed by atoms with E-state index >= 15 is 0 Å². The maximum Gasteiger partial charge on any atom is 0.270 e.